The van der Waals surface area contributed by atoms with Crippen LogP contribution in [0, 0.1) is 0 Å². The third-order valence-corrected chi connectivity index (χ3v) is 2.68. The number of aliphatic hydroxyl groups excluding tert-OH is 1. The van der Waals surface area contributed by atoms with Crippen LogP contribution in [-0.4, -0.2) is 17.9 Å². The van der Waals surface area contributed by atoms with Crippen molar-refractivity contribution in [2.24, 2.45) is 5.73 Å². The van der Waals surface area contributed by atoms with Crippen LogP contribution in [0.5, 0.6) is 0 Å². The molecule has 13 heavy (non-hydrogen) atoms. The Bertz CT molecular complexity index is 248. The second-order valence-corrected chi connectivity index (χ2v) is 3.75. The van der Waals surface area contributed by atoms with Crippen molar-refractivity contribution in [2.75, 3.05) is 12.8 Å². The minimum Gasteiger partial charge on any atom is -0.388 e. The van der Waals surface area contributed by atoms with E-state index in [1.807, 2.05) is 30.5 Å². The van der Waals surface area contributed by atoms with E-state index >= 15 is 0 Å². The van der Waals surface area contributed by atoms with Crippen molar-refractivity contribution in [3.8, 4) is 0 Å². The van der Waals surface area contributed by atoms with Gasteiger partial charge in [-0.05, 0) is 36.9 Å². The van der Waals surface area contributed by atoms with Gasteiger partial charge in [-0.3, -0.25) is 0 Å². The van der Waals surface area contributed by atoms with Gasteiger partial charge in [0, 0.05) is 4.90 Å². The molecular formula is C10H15NOS. The van der Waals surface area contributed by atoms with Crippen LogP contribution in [0.1, 0.15) is 18.1 Å². The quantitative estimate of drug-likeness (QED) is 0.723. The summed E-state index contributed by atoms with van der Waals surface area (Å²) in [5.41, 5.74) is 6.31. The molecule has 0 bridgehead atoms. The van der Waals surface area contributed by atoms with E-state index in [1.165, 1.54) is 4.90 Å². The standard InChI is InChI=1S/C10H15NOS/c1-13-9-4-2-8(3-5-9)10(12)6-7-11/h2-5,10,12H,6-7,11H2,1H3. The molecule has 1 aromatic rings. The van der Waals surface area contributed by atoms with Crippen LogP contribution in [0.3, 0.4) is 0 Å². The minimum absolute atomic E-state index is 0.416. The molecule has 1 unspecified atom stereocenters. The monoisotopic (exact) mass is 197 g/mol. The molecule has 0 heterocycles. The Morgan fingerprint density at radius 1 is 1.38 bits per heavy atom. The molecule has 3 N–H and O–H groups in total. The smallest absolute Gasteiger partial charge is 0.0802 e. The number of benzene rings is 1. The van der Waals surface area contributed by atoms with E-state index in [9.17, 15) is 5.11 Å². The van der Waals surface area contributed by atoms with Crippen molar-refractivity contribution in [1.29, 1.82) is 0 Å². The molecule has 1 rings (SSSR count). The highest BCUT2D eigenvalue weighted by atomic mass is 32.2. The average Bonchev–Trinajstić information content (AvgIpc) is 2.18. The number of nitrogens with two attached hydrogens (primary N) is 1. The van der Waals surface area contributed by atoms with E-state index < -0.39 is 6.10 Å². The first-order chi connectivity index (χ1) is 6.27. The summed E-state index contributed by atoms with van der Waals surface area (Å²) in [6, 6.07) is 7.93. The molecule has 2 nitrogen and oxygen atoms in total. The van der Waals surface area contributed by atoms with Gasteiger partial charge in [0.25, 0.3) is 0 Å². The Hall–Kier alpha value is -0.510. The van der Waals surface area contributed by atoms with E-state index in [4.69, 9.17) is 5.73 Å². The highest BCUT2D eigenvalue weighted by molar-refractivity contribution is 7.98. The van der Waals surface area contributed by atoms with E-state index in [0.29, 0.717) is 13.0 Å². The zero-order valence-corrected chi connectivity index (χ0v) is 8.55. The number of aliphatic hydroxyl groups is 1. The fourth-order valence-electron chi connectivity index (χ4n) is 1.15. The van der Waals surface area contributed by atoms with Crippen molar-refractivity contribution in [2.45, 2.75) is 17.4 Å². The Morgan fingerprint density at radius 2 is 2.00 bits per heavy atom. The van der Waals surface area contributed by atoms with Crippen LogP contribution in [0.25, 0.3) is 0 Å². The van der Waals surface area contributed by atoms with Gasteiger partial charge in [-0.25, -0.2) is 0 Å². The van der Waals surface area contributed by atoms with Crippen LogP contribution < -0.4 is 5.73 Å². The predicted molar refractivity (Wildman–Crippen MR) is 56.9 cm³/mol. The lowest BCUT2D eigenvalue weighted by molar-refractivity contribution is 0.170. The van der Waals surface area contributed by atoms with Crippen molar-refractivity contribution in [3.05, 3.63) is 29.8 Å². The fraction of sp³-hybridized carbons (Fsp3) is 0.400. The Balaban J connectivity index is 2.67. The zero-order valence-electron chi connectivity index (χ0n) is 7.73. The normalized spacial score (nSPS) is 12.8. The lowest BCUT2D eigenvalue weighted by Crippen LogP contribution is -2.06. The van der Waals surface area contributed by atoms with Gasteiger partial charge in [0.1, 0.15) is 0 Å². The Kier molecular flexibility index (Phi) is 4.28. The summed E-state index contributed by atoms with van der Waals surface area (Å²) in [7, 11) is 0. The third kappa shape index (κ3) is 3.03. The van der Waals surface area contributed by atoms with E-state index in [2.05, 4.69) is 0 Å². The van der Waals surface area contributed by atoms with Gasteiger partial charge < -0.3 is 10.8 Å². The molecule has 0 aliphatic heterocycles. The predicted octanol–water partition coefficient (Wildman–Crippen LogP) is 1.79. The molecule has 0 radical (unpaired) electrons. The van der Waals surface area contributed by atoms with Crippen LogP contribution >= 0.6 is 11.8 Å². The summed E-state index contributed by atoms with van der Waals surface area (Å²) in [4.78, 5) is 1.21. The molecule has 0 aromatic heterocycles. The van der Waals surface area contributed by atoms with Crippen molar-refractivity contribution in [1.82, 2.24) is 0 Å². The maximum Gasteiger partial charge on any atom is 0.0802 e. The molecule has 3 heteroatoms. The first kappa shape index (κ1) is 10.6. The molecule has 0 fully saturated rings. The number of hydrogen-bond acceptors (Lipinski definition) is 3. The lowest BCUT2D eigenvalue weighted by Gasteiger charge is -2.09. The van der Waals surface area contributed by atoms with Gasteiger partial charge in [-0.1, -0.05) is 12.1 Å². The molecule has 1 aromatic carbocycles. The van der Waals surface area contributed by atoms with Gasteiger partial charge in [0.15, 0.2) is 0 Å². The van der Waals surface area contributed by atoms with Crippen molar-refractivity contribution >= 4 is 11.8 Å². The van der Waals surface area contributed by atoms with Crippen molar-refractivity contribution < 1.29 is 5.11 Å². The summed E-state index contributed by atoms with van der Waals surface area (Å²) in [5.74, 6) is 0. The maximum atomic E-state index is 9.60. The van der Waals surface area contributed by atoms with Crippen molar-refractivity contribution in [3.63, 3.8) is 0 Å². The second kappa shape index (κ2) is 5.27. The topological polar surface area (TPSA) is 46.2 Å². The fourth-order valence-corrected chi connectivity index (χ4v) is 1.56. The van der Waals surface area contributed by atoms with Crippen LogP contribution in [0.2, 0.25) is 0 Å². The molecule has 0 aliphatic rings. The largest absolute Gasteiger partial charge is 0.388 e. The van der Waals surface area contributed by atoms with Gasteiger partial charge in [-0.15, -0.1) is 11.8 Å². The highest BCUT2D eigenvalue weighted by Crippen LogP contribution is 2.20. The molecular weight excluding hydrogens is 182 g/mol. The lowest BCUT2D eigenvalue weighted by atomic mass is 10.1. The van der Waals surface area contributed by atoms with Crippen LogP contribution in [0.15, 0.2) is 29.2 Å². The summed E-state index contributed by atoms with van der Waals surface area (Å²) >= 11 is 1.70. The molecule has 0 spiro atoms. The summed E-state index contributed by atoms with van der Waals surface area (Å²) < 4.78 is 0. The molecule has 0 saturated heterocycles. The van der Waals surface area contributed by atoms with E-state index in [0.717, 1.165) is 5.56 Å². The van der Waals surface area contributed by atoms with Gasteiger partial charge in [-0.2, -0.15) is 0 Å². The molecule has 0 aliphatic carbocycles. The molecule has 1 atom stereocenters. The SMILES string of the molecule is CSc1ccc(C(O)CCN)cc1. The number of hydrogen-bond donors (Lipinski definition) is 2. The first-order valence-corrected chi connectivity index (χ1v) is 5.52. The molecule has 0 amide bonds. The second-order valence-electron chi connectivity index (χ2n) is 2.87. The number of rotatable bonds is 4. The van der Waals surface area contributed by atoms with Gasteiger partial charge in [0.2, 0.25) is 0 Å². The maximum absolute atomic E-state index is 9.60. The molecule has 72 valence electrons. The molecule has 0 saturated carbocycles. The summed E-state index contributed by atoms with van der Waals surface area (Å²) in [5, 5.41) is 9.60. The van der Waals surface area contributed by atoms with E-state index in [-0.39, 0.29) is 0 Å². The summed E-state index contributed by atoms with van der Waals surface area (Å²) in [6.07, 6.45) is 2.24. The number of thioether (sulfide) groups is 1. The average molecular weight is 197 g/mol. The van der Waals surface area contributed by atoms with E-state index in [1.54, 1.807) is 11.8 Å². The Morgan fingerprint density at radius 3 is 2.46 bits per heavy atom. The Labute approximate surface area is 83.1 Å². The van der Waals surface area contributed by atoms with Gasteiger partial charge >= 0.3 is 0 Å². The highest BCUT2D eigenvalue weighted by Gasteiger charge is 2.05. The third-order valence-electron chi connectivity index (χ3n) is 1.94. The summed E-state index contributed by atoms with van der Waals surface area (Å²) in [6.45, 7) is 0.519. The first-order valence-electron chi connectivity index (χ1n) is 4.30. The van der Waals surface area contributed by atoms with Crippen LogP contribution in [-0.2, 0) is 0 Å². The van der Waals surface area contributed by atoms with Crippen LogP contribution in [0.4, 0.5) is 0 Å². The zero-order chi connectivity index (χ0) is 9.68. The van der Waals surface area contributed by atoms with Gasteiger partial charge in [0.05, 0.1) is 6.10 Å². The minimum atomic E-state index is -0.416.